The third-order valence-electron chi connectivity index (χ3n) is 9.57. The summed E-state index contributed by atoms with van der Waals surface area (Å²) in [5.74, 6) is -2.37. The Morgan fingerprint density at radius 1 is 0.474 bits per heavy atom. The fourth-order valence-electron chi connectivity index (χ4n) is 5.95. The maximum Gasteiger partial charge on any atom is 0.326 e. The normalized spacial score (nSPS) is 11.8. The van der Waals surface area contributed by atoms with E-state index in [0.717, 1.165) is 57.8 Å². The number of hydrogen-bond acceptors (Lipinski definition) is 10. The second-order valence-electron chi connectivity index (χ2n) is 15.2. The first kappa shape index (κ1) is 54.1. The number of ketones is 2. The summed E-state index contributed by atoms with van der Waals surface area (Å²) in [5.41, 5.74) is 0. The highest BCUT2D eigenvalue weighted by Gasteiger charge is 2.20. The highest BCUT2D eigenvalue weighted by molar-refractivity contribution is 5.84. The quantitative estimate of drug-likeness (QED) is 0.0460. The zero-order chi connectivity index (χ0) is 42.2. The Kier molecular flexibility index (Phi) is 37.8. The zero-order valence-corrected chi connectivity index (χ0v) is 35.5. The first-order valence-electron chi connectivity index (χ1n) is 21.9. The summed E-state index contributed by atoms with van der Waals surface area (Å²) in [4.78, 5) is 70.1. The summed E-state index contributed by atoms with van der Waals surface area (Å²) in [7, 11) is 0. The second kappa shape index (κ2) is 39.9. The molecule has 1 atom stereocenters. The van der Waals surface area contributed by atoms with Crippen molar-refractivity contribution >= 4 is 35.3 Å². The molecule has 0 saturated carbocycles. The number of nitrogens with one attached hydrogen (secondary N) is 2. The van der Waals surface area contributed by atoms with Crippen LogP contribution in [0.1, 0.15) is 168 Å². The van der Waals surface area contributed by atoms with Gasteiger partial charge in [-0.05, 0) is 32.1 Å². The third-order valence-corrected chi connectivity index (χ3v) is 9.57. The molecule has 0 spiro atoms. The molecule has 57 heavy (non-hydrogen) atoms. The maximum atomic E-state index is 12.3. The van der Waals surface area contributed by atoms with E-state index in [2.05, 4.69) is 10.6 Å². The standard InChI is InChI=1S/C43H78N2O12/c1-36(2)39(47)34-56-32-31-55-29-27-44-41(49)35-57-33-30-54-28-21-17-18-22-37(46)25-26-38(43(52)53)45-40(48)23-19-15-13-11-9-7-5-3-4-6-8-10-12-14-16-20-24-42(50)51/h36,38H,3-35H2,1-2H3,(H,44,49)(H,45,48)(H,50,51)(H,52,53)/t38-/m0/s1. The summed E-state index contributed by atoms with van der Waals surface area (Å²) in [6, 6.07) is -1.06. The summed E-state index contributed by atoms with van der Waals surface area (Å²) in [5, 5.41) is 23.5. The van der Waals surface area contributed by atoms with Gasteiger partial charge in [-0.15, -0.1) is 0 Å². The minimum Gasteiger partial charge on any atom is -0.481 e. The van der Waals surface area contributed by atoms with Gasteiger partial charge in [-0.3, -0.25) is 24.0 Å². The molecule has 2 amide bonds. The number of unbranched alkanes of at least 4 members (excludes halogenated alkanes) is 17. The highest BCUT2D eigenvalue weighted by Crippen LogP contribution is 2.15. The molecule has 4 N–H and O–H groups in total. The molecule has 14 nitrogen and oxygen atoms in total. The molecule has 0 aromatic carbocycles. The van der Waals surface area contributed by atoms with Crippen LogP contribution in [0.2, 0.25) is 0 Å². The van der Waals surface area contributed by atoms with Crippen LogP contribution in [-0.4, -0.2) is 111 Å². The summed E-state index contributed by atoms with van der Waals surface area (Å²) in [6.45, 7) is 6.12. The van der Waals surface area contributed by atoms with Crippen LogP contribution in [0.4, 0.5) is 0 Å². The van der Waals surface area contributed by atoms with Crippen molar-refractivity contribution in [1.29, 1.82) is 0 Å². The van der Waals surface area contributed by atoms with Gasteiger partial charge in [0.05, 0.1) is 33.0 Å². The van der Waals surface area contributed by atoms with Gasteiger partial charge < -0.3 is 39.8 Å². The van der Waals surface area contributed by atoms with E-state index in [1.54, 1.807) is 0 Å². The van der Waals surface area contributed by atoms with Crippen molar-refractivity contribution in [3.8, 4) is 0 Å². The smallest absolute Gasteiger partial charge is 0.326 e. The number of carboxylic acid groups (broad SMARTS) is 2. The third kappa shape index (κ3) is 39.7. The number of Topliss-reactive ketones (excluding diaryl/α,β-unsaturated/α-hetero) is 2. The van der Waals surface area contributed by atoms with E-state index in [9.17, 15) is 33.9 Å². The Labute approximate surface area is 342 Å². The van der Waals surface area contributed by atoms with Crippen LogP contribution >= 0.6 is 0 Å². The van der Waals surface area contributed by atoms with Crippen LogP contribution in [0.3, 0.4) is 0 Å². The molecule has 0 aliphatic carbocycles. The molecule has 0 saturated heterocycles. The Balaban J connectivity index is 3.62. The molecule has 0 aliphatic heterocycles. The average Bonchev–Trinajstić information content (AvgIpc) is 3.17. The van der Waals surface area contributed by atoms with Crippen molar-refractivity contribution < 1.29 is 57.9 Å². The molecule has 0 unspecified atom stereocenters. The molecule has 0 aliphatic rings. The largest absolute Gasteiger partial charge is 0.481 e. The first-order chi connectivity index (χ1) is 27.5. The second-order valence-corrected chi connectivity index (χ2v) is 15.2. The Morgan fingerprint density at radius 3 is 1.46 bits per heavy atom. The van der Waals surface area contributed by atoms with E-state index in [1.165, 1.54) is 57.8 Å². The molecule has 0 aromatic heterocycles. The lowest BCUT2D eigenvalue weighted by Gasteiger charge is -2.14. The topological polar surface area (TPSA) is 204 Å². The van der Waals surface area contributed by atoms with Gasteiger partial charge in [-0.1, -0.05) is 110 Å². The fraction of sp³-hybridized carbons (Fsp3) is 0.860. The molecule has 0 radical (unpaired) electrons. The molecular formula is C43H78N2O12. The van der Waals surface area contributed by atoms with Crippen molar-refractivity contribution in [3.05, 3.63) is 0 Å². The van der Waals surface area contributed by atoms with Crippen LogP contribution < -0.4 is 10.6 Å². The van der Waals surface area contributed by atoms with Crippen LogP contribution in [0.15, 0.2) is 0 Å². The van der Waals surface area contributed by atoms with Crippen molar-refractivity contribution in [2.75, 3.05) is 59.4 Å². The van der Waals surface area contributed by atoms with Gasteiger partial charge in [-0.2, -0.15) is 0 Å². The van der Waals surface area contributed by atoms with Gasteiger partial charge in [0.25, 0.3) is 0 Å². The van der Waals surface area contributed by atoms with Crippen LogP contribution in [-0.2, 0) is 47.7 Å². The molecule has 14 heteroatoms. The van der Waals surface area contributed by atoms with Gasteiger partial charge >= 0.3 is 11.9 Å². The average molecular weight is 815 g/mol. The van der Waals surface area contributed by atoms with Crippen LogP contribution in [0.5, 0.6) is 0 Å². The van der Waals surface area contributed by atoms with E-state index in [-0.39, 0.29) is 68.4 Å². The maximum absolute atomic E-state index is 12.3. The van der Waals surface area contributed by atoms with Crippen molar-refractivity contribution in [2.24, 2.45) is 5.92 Å². The number of ether oxygens (including phenoxy) is 4. The van der Waals surface area contributed by atoms with Gasteiger partial charge in [0.2, 0.25) is 11.8 Å². The number of amides is 2. The first-order valence-corrected chi connectivity index (χ1v) is 21.9. The van der Waals surface area contributed by atoms with E-state index < -0.39 is 18.0 Å². The van der Waals surface area contributed by atoms with E-state index >= 15 is 0 Å². The van der Waals surface area contributed by atoms with Crippen LogP contribution in [0.25, 0.3) is 0 Å². The predicted molar refractivity (Wildman–Crippen MR) is 219 cm³/mol. The lowest BCUT2D eigenvalue weighted by molar-refractivity contribution is -0.142. The number of carboxylic acids is 2. The minimum absolute atomic E-state index is 0.0169. The minimum atomic E-state index is -1.12. The monoisotopic (exact) mass is 815 g/mol. The van der Waals surface area contributed by atoms with Crippen LogP contribution in [0, 0.1) is 5.92 Å². The number of carbonyl (C=O) groups excluding carboxylic acids is 4. The molecular weight excluding hydrogens is 736 g/mol. The van der Waals surface area contributed by atoms with Gasteiger partial charge in [0.15, 0.2) is 5.78 Å². The lowest BCUT2D eigenvalue weighted by Crippen LogP contribution is -2.41. The number of aliphatic carboxylic acids is 2. The van der Waals surface area contributed by atoms with E-state index in [0.29, 0.717) is 58.8 Å². The Morgan fingerprint density at radius 2 is 0.930 bits per heavy atom. The lowest BCUT2D eigenvalue weighted by atomic mass is 10.0. The van der Waals surface area contributed by atoms with Gasteiger partial charge in [0, 0.05) is 44.8 Å². The molecule has 0 fully saturated rings. The molecule has 0 heterocycles. The predicted octanol–water partition coefficient (Wildman–Crippen LogP) is 6.98. The summed E-state index contributed by atoms with van der Waals surface area (Å²) >= 11 is 0. The number of hydrogen-bond donors (Lipinski definition) is 4. The summed E-state index contributed by atoms with van der Waals surface area (Å²) < 4.78 is 21.4. The van der Waals surface area contributed by atoms with E-state index in [1.807, 2.05) is 13.8 Å². The molecule has 332 valence electrons. The Hall–Kier alpha value is -2.94. The number of rotatable bonds is 44. The van der Waals surface area contributed by atoms with E-state index in [4.69, 9.17) is 24.1 Å². The van der Waals surface area contributed by atoms with Crippen molar-refractivity contribution in [1.82, 2.24) is 10.6 Å². The van der Waals surface area contributed by atoms with Gasteiger partial charge in [-0.25, -0.2) is 4.79 Å². The molecule has 0 bridgehead atoms. The molecule has 0 rings (SSSR count). The van der Waals surface area contributed by atoms with Gasteiger partial charge in [0.1, 0.15) is 25.0 Å². The molecule has 0 aromatic rings. The number of carbonyl (C=O) groups is 6. The SMILES string of the molecule is CC(C)C(=O)COCCOCCNC(=O)COCCOCCCCCC(=O)CC[C@H](NC(=O)CCCCCCCCCCCCCCCCCCC(=O)O)C(=O)O. The van der Waals surface area contributed by atoms with Crippen molar-refractivity contribution in [3.63, 3.8) is 0 Å². The zero-order valence-electron chi connectivity index (χ0n) is 35.5. The Bertz CT molecular complexity index is 1060. The summed E-state index contributed by atoms with van der Waals surface area (Å²) in [6.07, 6.45) is 21.5. The van der Waals surface area contributed by atoms with Crippen molar-refractivity contribution in [2.45, 2.75) is 174 Å². The highest BCUT2D eigenvalue weighted by atomic mass is 16.5. The fourth-order valence-corrected chi connectivity index (χ4v) is 5.95.